The third-order valence-corrected chi connectivity index (χ3v) is 4.19. The number of hydrogen-bond acceptors (Lipinski definition) is 5. The minimum atomic E-state index is -0.305. The number of fused-ring (bicyclic) bond motifs is 1. The first-order valence-corrected chi connectivity index (χ1v) is 9.11. The third kappa shape index (κ3) is 5.12. The fraction of sp³-hybridized carbons (Fsp3) is 0.190. The Bertz CT molecular complexity index is 1020. The fourth-order valence-corrected chi connectivity index (χ4v) is 2.79. The number of ether oxygens (including phenoxy) is 2. The molecule has 0 aliphatic carbocycles. The average Bonchev–Trinajstić information content (AvgIpc) is 2.71. The number of nitrogens with zero attached hydrogens (tertiary/aromatic N) is 2. The van der Waals surface area contributed by atoms with Crippen LogP contribution in [-0.4, -0.2) is 24.1 Å². The molecule has 2 aromatic carbocycles. The third-order valence-electron chi connectivity index (χ3n) is 3.86. The Kier molecular flexibility index (Phi) is 6.66. The van der Waals surface area contributed by atoms with Crippen LogP contribution < -0.4 is 14.8 Å². The Labute approximate surface area is 167 Å². The van der Waals surface area contributed by atoms with E-state index in [0.717, 1.165) is 5.39 Å². The van der Waals surface area contributed by atoms with Crippen LogP contribution in [0.25, 0.3) is 10.9 Å². The van der Waals surface area contributed by atoms with Crippen molar-refractivity contribution in [3.05, 3.63) is 59.8 Å². The predicted octanol–water partition coefficient (Wildman–Crippen LogP) is 4.59. The van der Waals surface area contributed by atoms with Crippen LogP contribution >= 0.6 is 11.6 Å². The van der Waals surface area contributed by atoms with Crippen molar-refractivity contribution in [3.63, 3.8) is 0 Å². The number of halogens is 1. The Morgan fingerprint density at radius 1 is 1.18 bits per heavy atom. The van der Waals surface area contributed by atoms with Gasteiger partial charge in [-0.15, -0.1) is 0 Å². The quantitative estimate of drug-likeness (QED) is 0.564. The van der Waals surface area contributed by atoms with Crippen LogP contribution in [0.15, 0.2) is 54.7 Å². The van der Waals surface area contributed by atoms with Gasteiger partial charge in [-0.05, 0) is 42.8 Å². The van der Waals surface area contributed by atoms with Gasteiger partial charge < -0.3 is 14.8 Å². The summed E-state index contributed by atoms with van der Waals surface area (Å²) in [7, 11) is 0. The first-order valence-electron chi connectivity index (χ1n) is 8.73. The van der Waals surface area contributed by atoms with Crippen LogP contribution in [-0.2, 0) is 4.79 Å². The number of carbonyl (C=O) groups is 1. The highest BCUT2D eigenvalue weighted by Crippen LogP contribution is 2.29. The maximum atomic E-state index is 12.2. The van der Waals surface area contributed by atoms with Crippen molar-refractivity contribution in [2.24, 2.45) is 0 Å². The monoisotopic (exact) mass is 395 g/mol. The van der Waals surface area contributed by atoms with E-state index in [-0.39, 0.29) is 12.5 Å². The number of nitriles is 1. The van der Waals surface area contributed by atoms with E-state index in [1.54, 1.807) is 48.7 Å². The van der Waals surface area contributed by atoms with Gasteiger partial charge in [0, 0.05) is 29.8 Å². The Balaban J connectivity index is 1.58. The van der Waals surface area contributed by atoms with Crippen molar-refractivity contribution in [2.45, 2.75) is 12.8 Å². The number of pyridine rings is 1. The van der Waals surface area contributed by atoms with Gasteiger partial charge >= 0.3 is 0 Å². The zero-order chi connectivity index (χ0) is 19.8. The molecule has 0 fully saturated rings. The maximum Gasteiger partial charge on any atom is 0.262 e. The summed E-state index contributed by atoms with van der Waals surface area (Å²) in [5.74, 6) is 0.815. The summed E-state index contributed by atoms with van der Waals surface area (Å²) in [5, 5.41) is 12.6. The summed E-state index contributed by atoms with van der Waals surface area (Å²) in [6.45, 7) is 0.283. The number of carbonyl (C=O) groups excluding carboxylic acids is 1. The Hall–Kier alpha value is -3.30. The number of rotatable bonds is 8. The zero-order valence-corrected chi connectivity index (χ0v) is 15.8. The van der Waals surface area contributed by atoms with Gasteiger partial charge in [0.2, 0.25) is 0 Å². The standard InChI is InChI=1S/C21H18ClN3O3/c22-18-8-9-19(21-17(18)7-4-11-24-21)28-14-20(26)25-15-5-3-6-16(13-15)27-12-2-1-10-23/h3-9,11,13H,1-2,12,14H2,(H,25,26). The van der Waals surface area contributed by atoms with Crippen molar-refractivity contribution in [3.8, 4) is 17.6 Å². The molecular formula is C21H18ClN3O3. The van der Waals surface area contributed by atoms with Gasteiger partial charge in [0.1, 0.15) is 17.0 Å². The summed E-state index contributed by atoms with van der Waals surface area (Å²) in [6, 6.07) is 16.2. The molecule has 0 aliphatic rings. The molecular weight excluding hydrogens is 378 g/mol. The van der Waals surface area contributed by atoms with Gasteiger partial charge in [-0.25, -0.2) is 0 Å². The van der Waals surface area contributed by atoms with E-state index >= 15 is 0 Å². The zero-order valence-electron chi connectivity index (χ0n) is 15.0. The summed E-state index contributed by atoms with van der Waals surface area (Å²) < 4.78 is 11.2. The van der Waals surface area contributed by atoms with Gasteiger partial charge in [-0.1, -0.05) is 17.7 Å². The summed E-state index contributed by atoms with van der Waals surface area (Å²) >= 11 is 6.17. The number of unbranched alkanes of at least 4 members (excludes halogenated alkanes) is 1. The van der Waals surface area contributed by atoms with Crippen LogP contribution in [0.2, 0.25) is 5.02 Å². The van der Waals surface area contributed by atoms with Gasteiger partial charge in [-0.3, -0.25) is 9.78 Å². The van der Waals surface area contributed by atoms with Crippen molar-refractivity contribution in [1.82, 2.24) is 4.98 Å². The van der Waals surface area contributed by atoms with Crippen LogP contribution in [0.3, 0.4) is 0 Å². The molecule has 0 atom stereocenters. The van der Waals surface area contributed by atoms with Gasteiger partial charge in [0.15, 0.2) is 6.61 Å². The lowest BCUT2D eigenvalue weighted by Gasteiger charge is -2.11. The summed E-state index contributed by atoms with van der Waals surface area (Å²) in [5.41, 5.74) is 1.21. The molecule has 6 nitrogen and oxygen atoms in total. The number of aromatic nitrogens is 1. The first kappa shape index (κ1) is 19.5. The van der Waals surface area contributed by atoms with Crippen molar-refractivity contribution < 1.29 is 14.3 Å². The maximum absolute atomic E-state index is 12.2. The minimum Gasteiger partial charge on any atom is -0.493 e. The molecule has 28 heavy (non-hydrogen) atoms. The van der Waals surface area contributed by atoms with Gasteiger partial charge in [0.05, 0.1) is 17.7 Å². The van der Waals surface area contributed by atoms with E-state index < -0.39 is 0 Å². The lowest BCUT2D eigenvalue weighted by Crippen LogP contribution is -2.20. The molecule has 1 heterocycles. The van der Waals surface area contributed by atoms with E-state index in [2.05, 4.69) is 16.4 Å². The summed E-state index contributed by atoms with van der Waals surface area (Å²) in [4.78, 5) is 16.5. The second kappa shape index (κ2) is 9.58. The SMILES string of the molecule is N#CCCCOc1cccc(NC(=O)COc2ccc(Cl)c3cccnc23)c1. The highest BCUT2D eigenvalue weighted by molar-refractivity contribution is 6.35. The van der Waals surface area contributed by atoms with E-state index in [0.29, 0.717) is 47.2 Å². The number of anilines is 1. The normalized spacial score (nSPS) is 10.3. The Morgan fingerprint density at radius 3 is 2.93 bits per heavy atom. The fourth-order valence-electron chi connectivity index (χ4n) is 2.57. The smallest absolute Gasteiger partial charge is 0.262 e. The predicted molar refractivity (Wildman–Crippen MR) is 108 cm³/mol. The van der Waals surface area contributed by atoms with Crippen LogP contribution in [0, 0.1) is 11.3 Å². The molecule has 0 saturated carbocycles. The highest BCUT2D eigenvalue weighted by atomic mass is 35.5. The Morgan fingerprint density at radius 2 is 2.07 bits per heavy atom. The molecule has 3 aromatic rings. The van der Waals surface area contributed by atoms with Crippen molar-refractivity contribution in [2.75, 3.05) is 18.5 Å². The topological polar surface area (TPSA) is 84.2 Å². The molecule has 3 rings (SSSR count). The average molecular weight is 396 g/mol. The highest BCUT2D eigenvalue weighted by Gasteiger charge is 2.10. The molecule has 0 radical (unpaired) electrons. The first-order chi connectivity index (χ1) is 13.7. The molecule has 7 heteroatoms. The molecule has 1 amide bonds. The second-order valence-electron chi connectivity index (χ2n) is 5.92. The summed E-state index contributed by atoms with van der Waals surface area (Å²) in [6.07, 6.45) is 2.75. The number of benzene rings is 2. The minimum absolute atomic E-state index is 0.166. The van der Waals surface area contributed by atoms with Crippen molar-refractivity contribution in [1.29, 1.82) is 5.26 Å². The van der Waals surface area contributed by atoms with Crippen LogP contribution in [0.5, 0.6) is 11.5 Å². The number of hydrogen-bond donors (Lipinski definition) is 1. The van der Waals surface area contributed by atoms with Crippen LogP contribution in [0.4, 0.5) is 5.69 Å². The van der Waals surface area contributed by atoms with Crippen molar-refractivity contribution >= 4 is 34.1 Å². The second-order valence-corrected chi connectivity index (χ2v) is 6.33. The number of nitrogens with one attached hydrogen (secondary N) is 1. The van der Waals surface area contributed by atoms with E-state index in [1.165, 1.54) is 0 Å². The van der Waals surface area contributed by atoms with E-state index in [1.807, 2.05) is 6.07 Å². The van der Waals surface area contributed by atoms with E-state index in [4.69, 9.17) is 26.3 Å². The lowest BCUT2D eigenvalue weighted by molar-refractivity contribution is -0.118. The molecule has 0 unspecified atom stereocenters. The molecule has 0 aliphatic heterocycles. The molecule has 0 spiro atoms. The molecule has 1 aromatic heterocycles. The van der Waals surface area contributed by atoms with Crippen LogP contribution in [0.1, 0.15) is 12.8 Å². The molecule has 0 saturated heterocycles. The molecule has 1 N–H and O–H groups in total. The number of amides is 1. The van der Waals surface area contributed by atoms with E-state index in [9.17, 15) is 4.79 Å². The largest absolute Gasteiger partial charge is 0.493 e. The van der Waals surface area contributed by atoms with Gasteiger partial charge in [-0.2, -0.15) is 5.26 Å². The molecule has 142 valence electrons. The molecule has 0 bridgehead atoms. The lowest BCUT2D eigenvalue weighted by atomic mass is 10.2. The van der Waals surface area contributed by atoms with Gasteiger partial charge in [0.25, 0.3) is 5.91 Å².